The largest absolute Gasteiger partial charge is 0.480 e. The van der Waals surface area contributed by atoms with Gasteiger partial charge in [0.25, 0.3) is 5.91 Å². The molecule has 0 unspecified atom stereocenters. The quantitative estimate of drug-likeness (QED) is 0.751. The number of sulfone groups is 1. The van der Waals surface area contributed by atoms with Crippen LogP contribution in [0.4, 0.5) is 10.1 Å². The molecule has 1 aromatic carbocycles. The number of aliphatic imine (C=N–C) groups is 1. The highest BCUT2D eigenvalue weighted by Gasteiger charge is 2.49. The number of amidine groups is 1. The van der Waals surface area contributed by atoms with E-state index < -0.39 is 46.8 Å². The van der Waals surface area contributed by atoms with Gasteiger partial charge in [-0.15, -0.1) is 0 Å². The van der Waals surface area contributed by atoms with Gasteiger partial charge in [-0.1, -0.05) is 17.8 Å². The minimum atomic E-state index is -3.23. The van der Waals surface area contributed by atoms with Crippen molar-refractivity contribution in [2.24, 2.45) is 4.99 Å². The molecule has 27 heavy (non-hydrogen) atoms. The summed E-state index contributed by atoms with van der Waals surface area (Å²) in [6.45, 7) is 0.471. The van der Waals surface area contributed by atoms with Crippen LogP contribution in [-0.4, -0.2) is 66.6 Å². The number of carboxylic acid groups (broad SMARTS) is 1. The average molecular weight is 416 g/mol. The van der Waals surface area contributed by atoms with Crippen LogP contribution in [0.1, 0.15) is 5.56 Å². The molecule has 146 valence electrons. The van der Waals surface area contributed by atoms with Gasteiger partial charge >= 0.3 is 5.97 Å². The summed E-state index contributed by atoms with van der Waals surface area (Å²) in [4.78, 5) is 27.9. The maximum atomic E-state index is 14.0. The number of nitrogens with zero attached hydrogens (tertiary/aromatic N) is 2. The number of rotatable bonds is 5. The Morgan fingerprint density at radius 3 is 2.78 bits per heavy atom. The molecule has 8 nitrogen and oxygen atoms in total. The Hall–Kier alpha value is -1.98. The lowest BCUT2D eigenvalue weighted by molar-refractivity contribution is -0.143. The van der Waals surface area contributed by atoms with E-state index in [1.54, 1.807) is 24.0 Å². The van der Waals surface area contributed by atoms with Crippen molar-refractivity contribution >= 4 is 44.3 Å². The zero-order chi connectivity index (χ0) is 19.8. The molecule has 2 saturated heterocycles. The molecule has 1 amide bonds. The van der Waals surface area contributed by atoms with Crippen LogP contribution in [0.5, 0.6) is 0 Å². The van der Waals surface area contributed by atoms with Crippen LogP contribution in [-0.2, 0) is 24.2 Å². The normalized spacial score (nSPS) is 25.0. The highest BCUT2D eigenvalue weighted by atomic mass is 32.2. The fourth-order valence-electron chi connectivity index (χ4n) is 2.96. The number of carboxylic acids is 1. The van der Waals surface area contributed by atoms with E-state index in [9.17, 15) is 22.4 Å². The number of aryl methyl sites for hydroxylation is 1. The highest BCUT2D eigenvalue weighted by molar-refractivity contribution is 8.16. The van der Waals surface area contributed by atoms with E-state index in [2.05, 4.69) is 4.99 Å². The van der Waals surface area contributed by atoms with E-state index in [4.69, 9.17) is 9.84 Å². The highest BCUT2D eigenvalue weighted by Crippen LogP contribution is 2.41. The summed E-state index contributed by atoms with van der Waals surface area (Å²) in [5.74, 6) is -2.50. The summed E-state index contributed by atoms with van der Waals surface area (Å²) in [5, 5.41) is 8.47. The number of halogens is 1. The van der Waals surface area contributed by atoms with E-state index >= 15 is 0 Å². The first-order valence-electron chi connectivity index (χ1n) is 8.00. The Morgan fingerprint density at radius 1 is 1.37 bits per heavy atom. The van der Waals surface area contributed by atoms with Gasteiger partial charge in [-0.05, 0) is 24.6 Å². The number of fused-ring (bicyclic) bond motifs is 1. The zero-order valence-corrected chi connectivity index (χ0v) is 15.9. The maximum Gasteiger partial charge on any atom is 0.329 e. The van der Waals surface area contributed by atoms with Crippen molar-refractivity contribution < 1.29 is 32.2 Å². The van der Waals surface area contributed by atoms with Crippen LogP contribution >= 0.6 is 11.8 Å². The number of ether oxygens (including phenoxy) is 1. The lowest BCUT2D eigenvalue weighted by Gasteiger charge is -2.24. The number of anilines is 1. The molecule has 11 heteroatoms. The van der Waals surface area contributed by atoms with Crippen molar-refractivity contribution in [2.75, 3.05) is 29.6 Å². The summed E-state index contributed by atoms with van der Waals surface area (Å²) >= 11 is 1.15. The minimum Gasteiger partial charge on any atom is -0.480 e. The van der Waals surface area contributed by atoms with E-state index in [1.165, 1.54) is 6.07 Å². The van der Waals surface area contributed by atoms with Gasteiger partial charge in [0.1, 0.15) is 19.0 Å². The number of carbonyl (C=O) groups is 2. The van der Waals surface area contributed by atoms with Crippen molar-refractivity contribution in [1.82, 2.24) is 0 Å². The van der Waals surface area contributed by atoms with Gasteiger partial charge in [0.15, 0.2) is 15.0 Å². The Kier molecular flexibility index (Phi) is 5.54. The summed E-state index contributed by atoms with van der Waals surface area (Å²) in [7, 11) is -3.23. The predicted octanol–water partition coefficient (Wildman–Crippen LogP) is 0.837. The fraction of sp³-hybridized carbons (Fsp3) is 0.438. The molecule has 2 atom stereocenters. The third-order valence-electron chi connectivity index (χ3n) is 4.17. The van der Waals surface area contributed by atoms with Crippen molar-refractivity contribution in [3.63, 3.8) is 0 Å². The molecule has 2 aliphatic heterocycles. The topological polar surface area (TPSA) is 113 Å². The molecule has 0 aromatic heterocycles. The first-order valence-corrected chi connectivity index (χ1v) is 10.7. The van der Waals surface area contributed by atoms with Crippen LogP contribution in [0, 0.1) is 12.7 Å². The third kappa shape index (κ3) is 4.47. The van der Waals surface area contributed by atoms with Crippen LogP contribution < -0.4 is 4.90 Å². The van der Waals surface area contributed by atoms with Crippen LogP contribution in [0.2, 0.25) is 0 Å². The second-order valence-electron chi connectivity index (χ2n) is 6.28. The first kappa shape index (κ1) is 19.8. The standard InChI is InChI=1S/C16H17FN2O6S2/c1-9-2-3-10(4-11(9)17)19-12-7-27(23,24)8-13(12)26-16(19)18-14(20)5-25-6-15(21)22/h2-4,12-13H,5-8H2,1H3,(H,21,22)/t12-,13-/m1/s1. The van der Waals surface area contributed by atoms with Gasteiger partial charge in [-0.25, -0.2) is 17.6 Å². The van der Waals surface area contributed by atoms with Crippen molar-refractivity contribution in [1.29, 1.82) is 0 Å². The fourth-order valence-corrected chi connectivity index (χ4v) is 6.89. The number of aliphatic carboxylic acids is 1. The van der Waals surface area contributed by atoms with E-state index in [0.717, 1.165) is 11.8 Å². The summed E-state index contributed by atoms with van der Waals surface area (Å²) < 4.78 is 42.7. The van der Waals surface area contributed by atoms with Crippen molar-refractivity contribution in [2.45, 2.75) is 18.2 Å². The number of thioether (sulfide) groups is 1. The van der Waals surface area contributed by atoms with Crippen molar-refractivity contribution in [3.8, 4) is 0 Å². The summed E-state index contributed by atoms with van der Waals surface area (Å²) in [5.41, 5.74) is 0.853. The molecule has 0 saturated carbocycles. The molecular weight excluding hydrogens is 399 g/mol. The smallest absolute Gasteiger partial charge is 0.329 e. The zero-order valence-electron chi connectivity index (χ0n) is 14.3. The van der Waals surface area contributed by atoms with Crippen LogP contribution in [0.15, 0.2) is 23.2 Å². The van der Waals surface area contributed by atoms with Gasteiger partial charge in [-0.3, -0.25) is 4.79 Å². The SMILES string of the molecule is Cc1ccc(N2C(=NC(=O)COCC(=O)O)S[C@@H]3CS(=O)(=O)C[C@H]32)cc1F. The summed E-state index contributed by atoms with van der Waals surface area (Å²) in [6.07, 6.45) is 0. The number of hydrogen-bond acceptors (Lipinski definition) is 6. The Balaban J connectivity index is 1.88. The first-order chi connectivity index (χ1) is 12.7. The number of benzene rings is 1. The van der Waals surface area contributed by atoms with E-state index in [0.29, 0.717) is 11.3 Å². The Labute approximate surface area is 159 Å². The molecule has 2 heterocycles. The molecule has 3 rings (SSSR count). The van der Waals surface area contributed by atoms with Crippen molar-refractivity contribution in [3.05, 3.63) is 29.6 Å². The predicted molar refractivity (Wildman–Crippen MR) is 98.3 cm³/mol. The maximum absolute atomic E-state index is 14.0. The number of amides is 1. The Morgan fingerprint density at radius 2 is 2.11 bits per heavy atom. The molecule has 0 radical (unpaired) electrons. The molecule has 2 fully saturated rings. The molecular formula is C16H17FN2O6S2. The van der Waals surface area contributed by atoms with Crippen LogP contribution in [0.25, 0.3) is 0 Å². The lowest BCUT2D eigenvalue weighted by atomic mass is 10.1. The van der Waals surface area contributed by atoms with Gasteiger partial charge < -0.3 is 14.7 Å². The monoisotopic (exact) mass is 416 g/mol. The lowest BCUT2D eigenvalue weighted by Crippen LogP contribution is -2.38. The Bertz CT molecular complexity index is 917. The van der Waals surface area contributed by atoms with Gasteiger partial charge in [0.2, 0.25) is 0 Å². The molecule has 0 bridgehead atoms. The second kappa shape index (κ2) is 7.56. The van der Waals surface area contributed by atoms with E-state index in [-0.39, 0.29) is 21.9 Å². The van der Waals surface area contributed by atoms with Crippen LogP contribution in [0.3, 0.4) is 0 Å². The van der Waals surface area contributed by atoms with Gasteiger partial charge in [0, 0.05) is 10.9 Å². The second-order valence-corrected chi connectivity index (χ2v) is 9.64. The molecule has 0 spiro atoms. The average Bonchev–Trinajstić information content (AvgIpc) is 3.00. The van der Waals surface area contributed by atoms with Gasteiger partial charge in [0.05, 0.1) is 17.5 Å². The van der Waals surface area contributed by atoms with E-state index in [1.807, 2.05) is 0 Å². The molecule has 1 N–H and O–H groups in total. The minimum absolute atomic E-state index is 0.0457. The number of hydrogen-bond donors (Lipinski definition) is 1. The molecule has 1 aromatic rings. The van der Waals surface area contributed by atoms with Gasteiger partial charge in [-0.2, -0.15) is 4.99 Å². The number of carbonyl (C=O) groups excluding carboxylic acids is 1. The third-order valence-corrected chi connectivity index (χ3v) is 7.38. The molecule has 2 aliphatic rings. The summed E-state index contributed by atoms with van der Waals surface area (Å²) in [6, 6.07) is 4.05. The molecule has 0 aliphatic carbocycles.